The van der Waals surface area contributed by atoms with Gasteiger partial charge in [-0.25, -0.2) is 9.50 Å². The van der Waals surface area contributed by atoms with Crippen LogP contribution in [0.5, 0.6) is 11.5 Å². The van der Waals surface area contributed by atoms with Crippen LogP contribution in [0.1, 0.15) is 0 Å². The lowest BCUT2D eigenvalue weighted by Gasteiger charge is -2.08. The second kappa shape index (κ2) is 5.14. The molecule has 2 heterocycles. The Hall–Kier alpha value is -3.34. The number of benzene rings is 2. The van der Waals surface area contributed by atoms with E-state index in [9.17, 15) is 10.2 Å². The number of nitrogens with zero attached hydrogens (tertiary/aromatic N) is 3. The molecule has 4 rings (SSSR count). The quantitative estimate of drug-likeness (QED) is 0.556. The first-order chi connectivity index (χ1) is 11.2. The number of hydrogen-bond acceptors (Lipinski definition) is 4. The maximum absolute atomic E-state index is 10.1. The van der Waals surface area contributed by atoms with E-state index in [0.29, 0.717) is 16.9 Å². The predicted octanol–water partition coefficient (Wildman–Crippen LogP) is 3.47. The molecule has 0 aliphatic carbocycles. The Morgan fingerprint density at radius 3 is 2.52 bits per heavy atom. The number of hydrogen-bond donors (Lipinski definition) is 2. The van der Waals surface area contributed by atoms with Gasteiger partial charge in [-0.15, -0.1) is 0 Å². The lowest BCUT2D eigenvalue weighted by Crippen LogP contribution is -1.96. The third-order valence-electron chi connectivity index (χ3n) is 3.74. The molecule has 0 spiro atoms. The average molecular weight is 303 g/mol. The van der Waals surface area contributed by atoms with Crippen LogP contribution in [0.25, 0.3) is 28.0 Å². The first kappa shape index (κ1) is 13.3. The molecule has 5 nitrogen and oxygen atoms in total. The van der Waals surface area contributed by atoms with Crippen LogP contribution in [0.2, 0.25) is 0 Å². The van der Waals surface area contributed by atoms with E-state index in [2.05, 4.69) is 10.1 Å². The molecule has 0 aliphatic heterocycles. The average Bonchev–Trinajstić information content (AvgIpc) is 3.02. The highest BCUT2D eigenvalue weighted by Crippen LogP contribution is 2.33. The van der Waals surface area contributed by atoms with Gasteiger partial charge in [-0.3, -0.25) is 0 Å². The standard InChI is InChI=1S/C18H13N3O2/c22-13-6-7-17(23)14(10-13)16-8-9-19-18-15(11-20-21(16)18)12-4-2-1-3-5-12/h1-11,22-23H. The Balaban J connectivity index is 1.97. The third kappa shape index (κ3) is 2.19. The lowest BCUT2D eigenvalue weighted by molar-refractivity contribution is 0.461. The second-order valence-corrected chi connectivity index (χ2v) is 5.19. The van der Waals surface area contributed by atoms with Gasteiger partial charge in [-0.2, -0.15) is 5.10 Å². The fraction of sp³-hybridized carbons (Fsp3) is 0. The largest absolute Gasteiger partial charge is 0.508 e. The zero-order chi connectivity index (χ0) is 15.8. The summed E-state index contributed by atoms with van der Waals surface area (Å²) >= 11 is 0. The molecule has 0 saturated heterocycles. The monoisotopic (exact) mass is 303 g/mol. The van der Waals surface area contributed by atoms with Crippen LogP contribution in [0.4, 0.5) is 0 Å². The topological polar surface area (TPSA) is 70.7 Å². The Labute approximate surface area is 132 Å². The molecule has 5 heteroatoms. The van der Waals surface area contributed by atoms with Gasteiger partial charge in [-0.1, -0.05) is 30.3 Å². The summed E-state index contributed by atoms with van der Waals surface area (Å²) in [5.41, 5.74) is 3.78. The summed E-state index contributed by atoms with van der Waals surface area (Å²) in [6, 6.07) is 16.0. The van der Waals surface area contributed by atoms with E-state index in [1.54, 1.807) is 23.0 Å². The van der Waals surface area contributed by atoms with E-state index in [-0.39, 0.29) is 11.5 Å². The summed E-state index contributed by atoms with van der Waals surface area (Å²) in [6.07, 6.45) is 3.42. The maximum atomic E-state index is 10.1. The molecular formula is C18H13N3O2. The number of fused-ring (bicyclic) bond motifs is 1. The van der Waals surface area contributed by atoms with Crippen molar-refractivity contribution in [3.05, 3.63) is 67.0 Å². The fourth-order valence-electron chi connectivity index (χ4n) is 2.65. The van der Waals surface area contributed by atoms with Gasteiger partial charge in [0.05, 0.1) is 11.9 Å². The Kier molecular flexibility index (Phi) is 2.98. The summed E-state index contributed by atoms with van der Waals surface area (Å²) in [5.74, 6) is 0.158. The minimum Gasteiger partial charge on any atom is -0.508 e. The molecule has 0 fully saturated rings. The molecule has 0 saturated carbocycles. The van der Waals surface area contributed by atoms with Crippen molar-refractivity contribution >= 4 is 5.65 Å². The second-order valence-electron chi connectivity index (χ2n) is 5.19. The van der Waals surface area contributed by atoms with Crippen LogP contribution in [-0.2, 0) is 0 Å². The lowest BCUT2D eigenvalue weighted by atomic mass is 10.1. The number of phenols is 2. The highest BCUT2D eigenvalue weighted by molar-refractivity contribution is 5.79. The van der Waals surface area contributed by atoms with Crippen LogP contribution < -0.4 is 0 Å². The fourth-order valence-corrected chi connectivity index (χ4v) is 2.65. The molecule has 4 aromatic rings. The summed E-state index contributed by atoms with van der Waals surface area (Å²) in [6.45, 7) is 0. The van der Waals surface area contributed by atoms with Crippen LogP contribution in [0.15, 0.2) is 67.0 Å². The molecule has 0 amide bonds. The van der Waals surface area contributed by atoms with Gasteiger partial charge in [0, 0.05) is 17.3 Å². The van der Waals surface area contributed by atoms with Gasteiger partial charge in [0.2, 0.25) is 0 Å². The molecule has 2 N–H and O–H groups in total. The van der Waals surface area contributed by atoms with Gasteiger partial charge in [0.1, 0.15) is 11.5 Å². The Morgan fingerprint density at radius 1 is 0.870 bits per heavy atom. The highest BCUT2D eigenvalue weighted by atomic mass is 16.3. The summed E-state index contributed by atoms with van der Waals surface area (Å²) in [4.78, 5) is 4.41. The van der Waals surface area contributed by atoms with E-state index < -0.39 is 0 Å². The Morgan fingerprint density at radius 2 is 1.70 bits per heavy atom. The number of aromatic hydroxyl groups is 2. The number of phenolic OH excluding ortho intramolecular Hbond substituents is 2. The first-order valence-corrected chi connectivity index (χ1v) is 7.14. The van der Waals surface area contributed by atoms with Gasteiger partial charge in [0.25, 0.3) is 0 Å². The number of rotatable bonds is 2. The molecule has 0 radical (unpaired) electrons. The summed E-state index contributed by atoms with van der Waals surface area (Å²) in [7, 11) is 0. The van der Waals surface area contributed by atoms with Crippen LogP contribution in [0.3, 0.4) is 0 Å². The predicted molar refractivity (Wildman–Crippen MR) is 87.2 cm³/mol. The van der Waals surface area contributed by atoms with E-state index in [4.69, 9.17) is 0 Å². The minimum absolute atomic E-state index is 0.0760. The van der Waals surface area contributed by atoms with Crippen molar-refractivity contribution in [3.8, 4) is 33.9 Å². The molecule has 2 aromatic heterocycles. The van der Waals surface area contributed by atoms with Gasteiger partial charge in [0.15, 0.2) is 5.65 Å². The highest BCUT2D eigenvalue weighted by Gasteiger charge is 2.14. The number of aromatic nitrogens is 3. The van der Waals surface area contributed by atoms with E-state index in [0.717, 1.165) is 11.1 Å². The molecule has 0 atom stereocenters. The van der Waals surface area contributed by atoms with Crippen molar-refractivity contribution in [2.75, 3.05) is 0 Å². The van der Waals surface area contributed by atoms with Crippen LogP contribution in [-0.4, -0.2) is 24.8 Å². The van der Waals surface area contributed by atoms with E-state index in [1.807, 2.05) is 30.3 Å². The maximum Gasteiger partial charge on any atom is 0.163 e. The molecule has 0 bridgehead atoms. The van der Waals surface area contributed by atoms with Crippen molar-refractivity contribution < 1.29 is 10.2 Å². The summed E-state index contributed by atoms with van der Waals surface area (Å²) in [5, 5.41) is 24.2. The van der Waals surface area contributed by atoms with Crippen molar-refractivity contribution in [2.24, 2.45) is 0 Å². The normalized spacial score (nSPS) is 11.0. The molecule has 23 heavy (non-hydrogen) atoms. The molecular weight excluding hydrogens is 290 g/mol. The third-order valence-corrected chi connectivity index (χ3v) is 3.74. The molecule has 112 valence electrons. The van der Waals surface area contributed by atoms with E-state index >= 15 is 0 Å². The van der Waals surface area contributed by atoms with Crippen molar-refractivity contribution in [1.29, 1.82) is 0 Å². The SMILES string of the molecule is Oc1ccc(O)c(-c2ccnc3c(-c4ccccc4)cnn23)c1. The zero-order valence-electron chi connectivity index (χ0n) is 12.1. The molecule has 0 unspecified atom stereocenters. The van der Waals surface area contributed by atoms with Gasteiger partial charge in [-0.05, 0) is 29.8 Å². The molecule has 2 aromatic carbocycles. The molecule has 0 aliphatic rings. The van der Waals surface area contributed by atoms with Crippen molar-refractivity contribution in [3.63, 3.8) is 0 Å². The van der Waals surface area contributed by atoms with Crippen LogP contribution in [0, 0.1) is 0 Å². The summed E-state index contributed by atoms with van der Waals surface area (Å²) < 4.78 is 1.66. The van der Waals surface area contributed by atoms with Crippen molar-refractivity contribution in [1.82, 2.24) is 14.6 Å². The van der Waals surface area contributed by atoms with Crippen molar-refractivity contribution in [2.45, 2.75) is 0 Å². The minimum atomic E-state index is 0.0760. The smallest absolute Gasteiger partial charge is 0.163 e. The zero-order valence-corrected chi connectivity index (χ0v) is 12.1. The first-order valence-electron chi connectivity index (χ1n) is 7.14. The van der Waals surface area contributed by atoms with Gasteiger partial charge < -0.3 is 10.2 Å². The van der Waals surface area contributed by atoms with Crippen LogP contribution >= 0.6 is 0 Å². The van der Waals surface area contributed by atoms with E-state index in [1.165, 1.54) is 18.2 Å². The Bertz CT molecular complexity index is 994. The van der Waals surface area contributed by atoms with Gasteiger partial charge >= 0.3 is 0 Å².